The van der Waals surface area contributed by atoms with Crippen molar-refractivity contribution in [2.45, 2.75) is 19.8 Å². The van der Waals surface area contributed by atoms with Gasteiger partial charge in [-0.05, 0) is 34.7 Å². The van der Waals surface area contributed by atoms with Crippen LogP contribution in [-0.2, 0) is 0 Å². The number of benzene rings is 2. The van der Waals surface area contributed by atoms with Crippen molar-refractivity contribution in [1.82, 2.24) is 0 Å². The molecule has 0 spiro atoms. The Morgan fingerprint density at radius 1 is 1.00 bits per heavy atom. The summed E-state index contributed by atoms with van der Waals surface area (Å²) in [6, 6.07) is 19.9. The second-order valence-electron chi connectivity index (χ2n) is 4.03. The van der Waals surface area contributed by atoms with Gasteiger partial charge in [-0.3, -0.25) is 0 Å². The van der Waals surface area contributed by atoms with Crippen LogP contribution in [-0.4, -0.2) is 0 Å². The van der Waals surface area contributed by atoms with Crippen molar-refractivity contribution in [3.05, 3.63) is 60.2 Å². The van der Waals surface area contributed by atoms with Crippen molar-refractivity contribution in [3.8, 4) is 11.1 Å². The highest BCUT2D eigenvalue weighted by molar-refractivity contribution is 5.67. The Morgan fingerprint density at radius 3 is 2.40 bits per heavy atom. The molecule has 0 aromatic heterocycles. The van der Waals surface area contributed by atoms with Gasteiger partial charge in [0.15, 0.2) is 0 Å². The Hall–Kier alpha value is -1.56. The summed E-state index contributed by atoms with van der Waals surface area (Å²) in [7, 11) is 0. The average Bonchev–Trinajstić information content (AvgIpc) is 2.30. The van der Waals surface area contributed by atoms with Crippen LogP contribution in [0.4, 0.5) is 0 Å². The topological polar surface area (TPSA) is 0 Å². The van der Waals surface area contributed by atoms with Gasteiger partial charge in [0.2, 0.25) is 0 Å². The first-order valence-electron chi connectivity index (χ1n) is 5.34. The van der Waals surface area contributed by atoms with Crippen LogP contribution < -0.4 is 0 Å². The van der Waals surface area contributed by atoms with Gasteiger partial charge in [0.25, 0.3) is 0 Å². The lowest BCUT2D eigenvalue weighted by molar-refractivity contribution is 0.869. The van der Waals surface area contributed by atoms with Crippen LogP contribution in [0.3, 0.4) is 0 Å². The van der Waals surface area contributed by atoms with Gasteiger partial charge in [-0.2, -0.15) is 0 Å². The molecule has 1 radical (unpaired) electrons. The molecule has 75 valence electrons. The summed E-state index contributed by atoms with van der Waals surface area (Å²) in [5.74, 6) is 0.551. The lowest BCUT2D eigenvalue weighted by Crippen LogP contribution is -1.91. The molecule has 2 aromatic carbocycles. The minimum atomic E-state index is 0.551. The van der Waals surface area contributed by atoms with Crippen molar-refractivity contribution in [2.24, 2.45) is 0 Å². The molecule has 0 aliphatic rings. The quantitative estimate of drug-likeness (QED) is 0.671. The molecular weight excluding hydrogens is 180 g/mol. The van der Waals surface area contributed by atoms with E-state index < -0.39 is 0 Å². The maximum Gasteiger partial charge on any atom is -0.0143 e. The third kappa shape index (κ3) is 2.10. The van der Waals surface area contributed by atoms with Crippen LogP contribution in [0.5, 0.6) is 0 Å². The molecule has 0 amide bonds. The van der Waals surface area contributed by atoms with Crippen molar-refractivity contribution in [1.29, 1.82) is 0 Å². The van der Waals surface area contributed by atoms with E-state index in [2.05, 4.69) is 56.3 Å². The molecule has 0 fully saturated rings. The van der Waals surface area contributed by atoms with Gasteiger partial charge in [0, 0.05) is 0 Å². The minimum Gasteiger partial charge on any atom is -0.0622 e. The van der Waals surface area contributed by atoms with E-state index in [1.165, 1.54) is 16.7 Å². The summed E-state index contributed by atoms with van der Waals surface area (Å²) in [5.41, 5.74) is 3.96. The minimum absolute atomic E-state index is 0.551. The van der Waals surface area contributed by atoms with Crippen LogP contribution in [0.25, 0.3) is 11.1 Å². The molecule has 0 aliphatic carbocycles. The number of rotatable bonds is 2. The standard InChI is InChI=1S/C15H15/c1-12(2)14-10-6-7-11-15(14)13-8-4-3-5-9-13/h3-6,8-12H,1-2H3. The zero-order valence-electron chi connectivity index (χ0n) is 9.20. The van der Waals surface area contributed by atoms with E-state index in [9.17, 15) is 0 Å². The van der Waals surface area contributed by atoms with Crippen LogP contribution >= 0.6 is 0 Å². The summed E-state index contributed by atoms with van der Waals surface area (Å²) in [6.07, 6.45) is 0. The summed E-state index contributed by atoms with van der Waals surface area (Å²) in [5, 5.41) is 0. The first kappa shape index (κ1) is 9.97. The summed E-state index contributed by atoms with van der Waals surface area (Å²) < 4.78 is 0. The van der Waals surface area contributed by atoms with Gasteiger partial charge in [0.1, 0.15) is 0 Å². The Bertz CT molecular complexity index is 427. The van der Waals surface area contributed by atoms with Crippen LogP contribution in [0.1, 0.15) is 25.3 Å². The molecule has 0 atom stereocenters. The van der Waals surface area contributed by atoms with E-state index in [0.29, 0.717) is 5.92 Å². The molecule has 0 N–H and O–H groups in total. The molecular formula is C15H15. The molecule has 2 aromatic rings. The largest absolute Gasteiger partial charge is 0.0622 e. The first-order chi connectivity index (χ1) is 7.29. The fourth-order valence-electron chi connectivity index (χ4n) is 1.81. The normalized spacial score (nSPS) is 10.6. The third-order valence-electron chi connectivity index (χ3n) is 2.60. The highest BCUT2D eigenvalue weighted by atomic mass is 14.1. The molecule has 0 heteroatoms. The monoisotopic (exact) mass is 195 g/mol. The average molecular weight is 195 g/mol. The number of hydrogen-bond acceptors (Lipinski definition) is 0. The number of hydrogen-bond donors (Lipinski definition) is 0. The lowest BCUT2D eigenvalue weighted by atomic mass is 9.93. The maximum absolute atomic E-state index is 3.15. The summed E-state index contributed by atoms with van der Waals surface area (Å²) >= 11 is 0. The molecule has 0 saturated carbocycles. The van der Waals surface area contributed by atoms with Gasteiger partial charge in [0.05, 0.1) is 0 Å². The molecule has 0 bridgehead atoms. The second-order valence-corrected chi connectivity index (χ2v) is 4.03. The molecule has 0 saturated heterocycles. The molecule has 15 heavy (non-hydrogen) atoms. The molecule has 0 unspecified atom stereocenters. The van der Waals surface area contributed by atoms with Gasteiger partial charge in [-0.25, -0.2) is 0 Å². The zero-order chi connectivity index (χ0) is 10.7. The summed E-state index contributed by atoms with van der Waals surface area (Å²) in [6.45, 7) is 4.45. The van der Waals surface area contributed by atoms with Crippen LogP contribution in [0.15, 0.2) is 48.5 Å². The van der Waals surface area contributed by atoms with Gasteiger partial charge in [-0.15, -0.1) is 0 Å². The van der Waals surface area contributed by atoms with Gasteiger partial charge < -0.3 is 0 Å². The van der Waals surface area contributed by atoms with E-state index in [4.69, 9.17) is 0 Å². The Labute approximate surface area is 91.6 Å². The summed E-state index contributed by atoms with van der Waals surface area (Å²) in [4.78, 5) is 0. The highest BCUT2D eigenvalue weighted by Crippen LogP contribution is 2.28. The van der Waals surface area contributed by atoms with Crippen molar-refractivity contribution >= 4 is 0 Å². The van der Waals surface area contributed by atoms with Crippen molar-refractivity contribution in [2.75, 3.05) is 0 Å². The SMILES string of the molecule is CC(C)c1cc[c]cc1-c1ccccc1. The van der Waals surface area contributed by atoms with E-state index in [-0.39, 0.29) is 0 Å². The predicted octanol–water partition coefficient (Wildman–Crippen LogP) is 4.28. The smallest absolute Gasteiger partial charge is 0.0143 e. The Morgan fingerprint density at radius 2 is 1.73 bits per heavy atom. The molecule has 2 rings (SSSR count). The van der Waals surface area contributed by atoms with E-state index in [1.807, 2.05) is 12.1 Å². The van der Waals surface area contributed by atoms with E-state index in [1.54, 1.807) is 0 Å². The molecule has 0 heterocycles. The predicted molar refractivity (Wildman–Crippen MR) is 64.8 cm³/mol. The van der Waals surface area contributed by atoms with Crippen molar-refractivity contribution in [3.63, 3.8) is 0 Å². The van der Waals surface area contributed by atoms with Crippen LogP contribution in [0.2, 0.25) is 0 Å². The Balaban J connectivity index is 2.53. The molecule has 0 aliphatic heterocycles. The fourth-order valence-corrected chi connectivity index (χ4v) is 1.81. The van der Waals surface area contributed by atoms with E-state index in [0.717, 1.165) is 0 Å². The second kappa shape index (κ2) is 4.31. The highest BCUT2D eigenvalue weighted by Gasteiger charge is 2.06. The Kier molecular flexibility index (Phi) is 2.86. The van der Waals surface area contributed by atoms with Crippen molar-refractivity contribution < 1.29 is 0 Å². The fraction of sp³-hybridized carbons (Fsp3) is 0.200. The maximum atomic E-state index is 3.15. The first-order valence-corrected chi connectivity index (χ1v) is 5.34. The lowest BCUT2D eigenvalue weighted by Gasteiger charge is -2.12. The van der Waals surface area contributed by atoms with Gasteiger partial charge >= 0.3 is 0 Å². The molecule has 0 nitrogen and oxygen atoms in total. The third-order valence-corrected chi connectivity index (χ3v) is 2.60. The van der Waals surface area contributed by atoms with Gasteiger partial charge in [-0.1, -0.05) is 56.3 Å². The zero-order valence-corrected chi connectivity index (χ0v) is 9.20. The van der Waals surface area contributed by atoms with E-state index >= 15 is 0 Å². The van der Waals surface area contributed by atoms with Crippen LogP contribution in [0, 0.1) is 6.07 Å².